The van der Waals surface area contributed by atoms with Crippen LogP contribution in [0, 0.1) is 5.92 Å². The zero-order chi connectivity index (χ0) is 21.7. The van der Waals surface area contributed by atoms with Crippen LogP contribution in [0.3, 0.4) is 0 Å². The van der Waals surface area contributed by atoms with Gasteiger partial charge < -0.3 is 18.0 Å². The summed E-state index contributed by atoms with van der Waals surface area (Å²) in [5.74, 6) is 2.67. The number of hydrogen-bond acceptors (Lipinski definition) is 4. The van der Waals surface area contributed by atoms with Gasteiger partial charge in [-0.05, 0) is 88.8 Å². The molecule has 1 saturated carbocycles. The van der Waals surface area contributed by atoms with Crippen LogP contribution in [0.15, 0.2) is 24.3 Å². The SMILES string of the molecule is CCC[C@H]1CC[C@H](c2ccc(OCCCC[Si](OCC)(OCC)OCC)cc2)CC1. The normalized spacial score (nSPS) is 19.7. The van der Waals surface area contributed by atoms with Gasteiger partial charge in [0, 0.05) is 25.9 Å². The average molecular weight is 437 g/mol. The van der Waals surface area contributed by atoms with Gasteiger partial charge in [-0.25, -0.2) is 0 Å². The first kappa shape index (κ1) is 25.4. The lowest BCUT2D eigenvalue weighted by Gasteiger charge is -2.28. The van der Waals surface area contributed by atoms with Crippen LogP contribution >= 0.6 is 0 Å². The molecule has 0 spiro atoms. The average Bonchev–Trinajstić information content (AvgIpc) is 2.75. The monoisotopic (exact) mass is 436 g/mol. The summed E-state index contributed by atoms with van der Waals surface area (Å²) in [5.41, 5.74) is 1.48. The van der Waals surface area contributed by atoms with E-state index in [2.05, 4.69) is 31.2 Å². The van der Waals surface area contributed by atoms with Crippen molar-refractivity contribution in [3.63, 3.8) is 0 Å². The Morgan fingerprint density at radius 3 is 1.93 bits per heavy atom. The van der Waals surface area contributed by atoms with Crippen LogP contribution in [0.4, 0.5) is 0 Å². The summed E-state index contributed by atoms with van der Waals surface area (Å²) in [6.07, 6.45) is 10.2. The maximum absolute atomic E-state index is 5.98. The fourth-order valence-corrected chi connectivity index (χ4v) is 7.35. The smallest absolute Gasteiger partial charge is 0.494 e. The van der Waals surface area contributed by atoms with Crippen LogP contribution in [0.5, 0.6) is 5.75 Å². The fraction of sp³-hybridized carbons (Fsp3) is 0.760. The Bertz CT molecular complexity index is 538. The molecule has 172 valence electrons. The largest absolute Gasteiger partial charge is 0.500 e. The van der Waals surface area contributed by atoms with Crippen LogP contribution in [0.25, 0.3) is 0 Å². The second-order valence-corrected chi connectivity index (χ2v) is 11.1. The van der Waals surface area contributed by atoms with Gasteiger partial charge in [-0.3, -0.25) is 0 Å². The van der Waals surface area contributed by atoms with E-state index in [1.54, 1.807) is 0 Å². The molecule has 1 aromatic rings. The molecule has 0 bridgehead atoms. The Labute approximate surface area is 186 Å². The van der Waals surface area contributed by atoms with Crippen molar-refractivity contribution in [3.8, 4) is 5.75 Å². The fourth-order valence-electron chi connectivity index (χ4n) is 4.66. The quantitative estimate of drug-likeness (QED) is 0.220. The maximum atomic E-state index is 5.98. The Morgan fingerprint density at radius 1 is 0.800 bits per heavy atom. The molecule has 0 unspecified atom stereocenters. The Hall–Kier alpha value is -0.883. The molecule has 1 aromatic carbocycles. The molecular weight excluding hydrogens is 392 g/mol. The minimum atomic E-state index is -2.52. The third-order valence-electron chi connectivity index (χ3n) is 6.13. The van der Waals surface area contributed by atoms with Crippen LogP contribution in [-0.4, -0.2) is 35.2 Å². The van der Waals surface area contributed by atoms with Gasteiger partial charge in [0.2, 0.25) is 0 Å². The molecule has 5 heteroatoms. The maximum Gasteiger partial charge on any atom is 0.500 e. The van der Waals surface area contributed by atoms with E-state index in [1.807, 2.05) is 20.8 Å². The Balaban J connectivity index is 1.71. The van der Waals surface area contributed by atoms with E-state index in [4.69, 9.17) is 18.0 Å². The van der Waals surface area contributed by atoms with Crippen LogP contribution in [-0.2, 0) is 13.3 Å². The highest BCUT2D eigenvalue weighted by atomic mass is 28.4. The van der Waals surface area contributed by atoms with Gasteiger partial charge in [0.15, 0.2) is 0 Å². The first-order chi connectivity index (χ1) is 14.7. The lowest BCUT2D eigenvalue weighted by atomic mass is 9.77. The van der Waals surface area contributed by atoms with Crippen molar-refractivity contribution in [2.24, 2.45) is 5.92 Å². The van der Waals surface area contributed by atoms with E-state index in [-0.39, 0.29) is 0 Å². The summed E-state index contributed by atoms with van der Waals surface area (Å²) in [6, 6.07) is 9.69. The molecule has 0 aliphatic heterocycles. The Morgan fingerprint density at radius 2 is 1.40 bits per heavy atom. The molecule has 0 atom stereocenters. The predicted molar refractivity (Wildman–Crippen MR) is 126 cm³/mol. The van der Waals surface area contributed by atoms with E-state index in [9.17, 15) is 0 Å². The third kappa shape index (κ3) is 8.33. The Kier molecular flexibility index (Phi) is 12.0. The zero-order valence-electron chi connectivity index (χ0n) is 19.8. The van der Waals surface area contributed by atoms with E-state index in [1.165, 1.54) is 44.1 Å². The van der Waals surface area contributed by atoms with E-state index >= 15 is 0 Å². The molecule has 0 heterocycles. The summed E-state index contributed by atoms with van der Waals surface area (Å²) in [7, 11) is -2.52. The van der Waals surface area contributed by atoms with Crippen molar-refractivity contribution < 1.29 is 18.0 Å². The first-order valence-corrected chi connectivity index (χ1v) is 14.2. The van der Waals surface area contributed by atoms with Crippen molar-refractivity contribution in [2.45, 2.75) is 91.0 Å². The lowest BCUT2D eigenvalue weighted by Crippen LogP contribution is -2.45. The number of rotatable bonds is 15. The molecule has 0 amide bonds. The summed E-state index contributed by atoms with van der Waals surface area (Å²) >= 11 is 0. The van der Waals surface area contributed by atoms with Gasteiger partial charge in [-0.15, -0.1) is 0 Å². The molecule has 2 rings (SSSR count). The van der Waals surface area contributed by atoms with Crippen molar-refractivity contribution in [3.05, 3.63) is 29.8 Å². The first-order valence-electron chi connectivity index (χ1n) is 12.3. The third-order valence-corrected chi connectivity index (χ3v) is 9.29. The molecule has 1 aliphatic rings. The number of unbranched alkanes of at least 4 members (excludes halogenated alkanes) is 1. The van der Waals surface area contributed by atoms with Crippen LogP contribution < -0.4 is 4.74 Å². The molecule has 4 nitrogen and oxygen atoms in total. The second kappa shape index (κ2) is 14.2. The summed E-state index contributed by atoms with van der Waals surface area (Å²) in [6.45, 7) is 10.9. The van der Waals surface area contributed by atoms with E-state index < -0.39 is 8.80 Å². The van der Waals surface area contributed by atoms with E-state index in [0.717, 1.165) is 43.1 Å². The molecule has 0 saturated heterocycles. The van der Waals surface area contributed by atoms with Gasteiger partial charge in [-0.1, -0.05) is 31.9 Å². The highest BCUT2D eigenvalue weighted by molar-refractivity contribution is 6.60. The molecule has 30 heavy (non-hydrogen) atoms. The molecule has 0 radical (unpaired) electrons. The molecule has 1 aliphatic carbocycles. The molecular formula is C25H44O4Si. The second-order valence-electron chi connectivity index (χ2n) is 8.36. The van der Waals surface area contributed by atoms with Gasteiger partial charge >= 0.3 is 8.80 Å². The number of hydrogen-bond donors (Lipinski definition) is 0. The van der Waals surface area contributed by atoms with Crippen molar-refractivity contribution in [1.29, 1.82) is 0 Å². The summed E-state index contributed by atoms with van der Waals surface area (Å²) in [5, 5.41) is 0. The minimum absolute atomic E-state index is 0.634. The number of ether oxygens (including phenoxy) is 1. The lowest BCUT2D eigenvalue weighted by molar-refractivity contribution is 0.0704. The molecule has 0 N–H and O–H groups in total. The van der Waals surface area contributed by atoms with Gasteiger partial charge in [-0.2, -0.15) is 0 Å². The van der Waals surface area contributed by atoms with Gasteiger partial charge in [0.25, 0.3) is 0 Å². The van der Waals surface area contributed by atoms with Gasteiger partial charge in [0.05, 0.1) is 6.61 Å². The minimum Gasteiger partial charge on any atom is -0.494 e. The number of benzene rings is 1. The highest BCUT2D eigenvalue weighted by Crippen LogP contribution is 2.37. The summed E-state index contributed by atoms with van der Waals surface area (Å²) < 4.78 is 23.7. The van der Waals surface area contributed by atoms with Crippen LogP contribution in [0.2, 0.25) is 6.04 Å². The topological polar surface area (TPSA) is 36.9 Å². The highest BCUT2D eigenvalue weighted by Gasteiger charge is 2.39. The van der Waals surface area contributed by atoms with Crippen molar-refractivity contribution in [2.75, 3.05) is 26.4 Å². The summed E-state index contributed by atoms with van der Waals surface area (Å²) in [4.78, 5) is 0. The van der Waals surface area contributed by atoms with Gasteiger partial charge in [0.1, 0.15) is 5.75 Å². The zero-order valence-corrected chi connectivity index (χ0v) is 20.8. The van der Waals surface area contributed by atoms with Crippen LogP contribution in [0.1, 0.15) is 90.5 Å². The molecule has 1 fully saturated rings. The predicted octanol–water partition coefficient (Wildman–Crippen LogP) is 6.97. The molecule has 0 aromatic heterocycles. The van der Waals surface area contributed by atoms with E-state index in [0.29, 0.717) is 19.8 Å². The standard InChI is InChI=1S/C25H44O4Si/c1-5-11-22-12-14-23(15-13-22)24-16-18-25(19-17-24)26-20-9-10-21-30(27-6-2,28-7-3)29-8-4/h16-19,22-23H,5-15,20-21H2,1-4H3/t22-,23-. The van der Waals surface area contributed by atoms with Crippen molar-refractivity contribution in [1.82, 2.24) is 0 Å². The van der Waals surface area contributed by atoms with Crippen molar-refractivity contribution >= 4 is 8.80 Å².